The number of rotatable bonds is 5. The standard InChI is InChI=1S/C12H19N3O/c1-4-15(3)12(16)9-14-10(2)11-5-7-13-8-6-11/h5-8,10,14H,4,9H2,1-3H3/t10-/m1/s1. The Morgan fingerprint density at radius 2 is 2.12 bits per heavy atom. The summed E-state index contributed by atoms with van der Waals surface area (Å²) in [6, 6.07) is 4.06. The Balaban J connectivity index is 2.42. The fourth-order valence-electron chi connectivity index (χ4n) is 1.32. The van der Waals surface area contributed by atoms with Gasteiger partial charge in [-0.25, -0.2) is 0 Å². The van der Waals surface area contributed by atoms with E-state index in [-0.39, 0.29) is 11.9 Å². The highest BCUT2D eigenvalue weighted by atomic mass is 16.2. The molecule has 1 aromatic rings. The minimum atomic E-state index is 0.114. The maximum Gasteiger partial charge on any atom is 0.236 e. The Bertz CT molecular complexity index is 326. The fraction of sp³-hybridized carbons (Fsp3) is 0.500. The van der Waals surface area contributed by atoms with Crippen LogP contribution in [-0.2, 0) is 4.79 Å². The van der Waals surface area contributed by atoms with Crippen molar-refractivity contribution in [2.24, 2.45) is 0 Å². The van der Waals surface area contributed by atoms with Gasteiger partial charge in [-0.15, -0.1) is 0 Å². The van der Waals surface area contributed by atoms with Gasteiger partial charge in [-0.3, -0.25) is 9.78 Å². The van der Waals surface area contributed by atoms with Gasteiger partial charge < -0.3 is 10.2 Å². The quantitative estimate of drug-likeness (QED) is 0.813. The van der Waals surface area contributed by atoms with Gasteiger partial charge >= 0.3 is 0 Å². The SMILES string of the molecule is CCN(C)C(=O)CN[C@H](C)c1ccncc1. The molecule has 4 nitrogen and oxygen atoms in total. The van der Waals surface area contributed by atoms with Crippen LogP contribution in [0.5, 0.6) is 0 Å². The smallest absolute Gasteiger partial charge is 0.236 e. The van der Waals surface area contributed by atoms with Gasteiger partial charge in [0.15, 0.2) is 0 Å². The molecule has 0 aliphatic rings. The first-order valence-corrected chi connectivity index (χ1v) is 5.52. The second-order valence-corrected chi connectivity index (χ2v) is 3.79. The van der Waals surface area contributed by atoms with Crippen LogP contribution in [-0.4, -0.2) is 35.9 Å². The molecule has 0 aliphatic carbocycles. The van der Waals surface area contributed by atoms with Crippen LogP contribution in [0, 0.1) is 0 Å². The Hall–Kier alpha value is -1.42. The molecule has 1 amide bonds. The molecule has 4 heteroatoms. The molecular formula is C12H19N3O. The summed E-state index contributed by atoms with van der Waals surface area (Å²) in [5.41, 5.74) is 1.14. The summed E-state index contributed by atoms with van der Waals surface area (Å²) < 4.78 is 0. The third-order valence-electron chi connectivity index (χ3n) is 2.67. The third-order valence-corrected chi connectivity index (χ3v) is 2.67. The topological polar surface area (TPSA) is 45.2 Å². The van der Waals surface area contributed by atoms with Crippen molar-refractivity contribution < 1.29 is 4.79 Å². The van der Waals surface area contributed by atoms with Crippen LogP contribution in [0.4, 0.5) is 0 Å². The molecule has 0 saturated carbocycles. The van der Waals surface area contributed by atoms with Crippen LogP contribution in [0.25, 0.3) is 0 Å². The van der Waals surface area contributed by atoms with Crippen LogP contribution < -0.4 is 5.32 Å². The monoisotopic (exact) mass is 221 g/mol. The largest absolute Gasteiger partial charge is 0.345 e. The van der Waals surface area contributed by atoms with E-state index in [1.54, 1.807) is 24.3 Å². The van der Waals surface area contributed by atoms with Gasteiger partial charge in [0, 0.05) is 32.0 Å². The molecule has 88 valence electrons. The highest BCUT2D eigenvalue weighted by Gasteiger charge is 2.09. The zero-order valence-electron chi connectivity index (χ0n) is 10.1. The number of carbonyl (C=O) groups excluding carboxylic acids is 1. The second kappa shape index (κ2) is 6.23. The van der Waals surface area contributed by atoms with E-state index in [1.165, 1.54) is 0 Å². The molecule has 1 heterocycles. The average molecular weight is 221 g/mol. The molecule has 0 fully saturated rings. The van der Waals surface area contributed by atoms with Crippen molar-refractivity contribution in [1.29, 1.82) is 0 Å². The van der Waals surface area contributed by atoms with Gasteiger partial charge in [0.05, 0.1) is 6.54 Å². The van der Waals surface area contributed by atoms with E-state index < -0.39 is 0 Å². The average Bonchev–Trinajstić information content (AvgIpc) is 2.35. The van der Waals surface area contributed by atoms with Crippen molar-refractivity contribution in [1.82, 2.24) is 15.2 Å². The second-order valence-electron chi connectivity index (χ2n) is 3.79. The van der Waals surface area contributed by atoms with Gasteiger partial charge in [0.25, 0.3) is 0 Å². The number of carbonyl (C=O) groups is 1. The Morgan fingerprint density at radius 1 is 1.50 bits per heavy atom. The molecule has 1 atom stereocenters. The summed E-state index contributed by atoms with van der Waals surface area (Å²) >= 11 is 0. The number of nitrogens with one attached hydrogen (secondary N) is 1. The first-order chi connectivity index (χ1) is 7.65. The molecule has 0 aromatic carbocycles. The Labute approximate surface area is 96.7 Å². The van der Waals surface area contributed by atoms with E-state index in [1.807, 2.05) is 26.0 Å². The summed E-state index contributed by atoms with van der Waals surface area (Å²) in [6.45, 7) is 5.11. The number of nitrogens with zero attached hydrogens (tertiary/aromatic N) is 2. The zero-order valence-corrected chi connectivity index (χ0v) is 10.1. The molecule has 0 aliphatic heterocycles. The minimum absolute atomic E-state index is 0.114. The van der Waals surface area contributed by atoms with Crippen molar-refractivity contribution in [3.05, 3.63) is 30.1 Å². The van der Waals surface area contributed by atoms with Crippen LogP contribution in [0.3, 0.4) is 0 Å². The van der Waals surface area contributed by atoms with Gasteiger partial charge in [0.1, 0.15) is 0 Å². The van der Waals surface area contributed by atoms with Crippen molar-refractivity contribution in [3.8, 4) is 0 Å². The summed E-state index contributed by atoms with van der Waals surface area (Å²) in [4.78, 5) is 17.2. The molecule has 0 spiro atoms. The number of hydrogen-bond donors (Lipinski definition) is 1. The van der Waals surface area contributed by atoms with Crippen LogP contribution in [0.1, 0.15) is 25.5 Å². The van der Waals surface area contributed by atoms with Gasteiger partial charge in [-0.1, -0.05) is 0 Å². The van der Waals surface area contributed by atoms with Crippen LogP contribution in [0.15, 0.2) is 24.5 Å². The highest BCUT2D eigenvalue weighted by molar-refractivity contribution is 5.77. The lowest BCUT2D eigenvalue weighted by molar-refractivity contribution is -0.128. The fourth-order valence-corrected chi connectivity index (χ4v) is 1.32. The van der Waals surface area contributed by atoms with E-state index in [9.17, 15) is 4.79 Å². The summed E-state index contributed by atoms with van der Waals surface area (Å²) in [6.07, 6.45) is 3.51. The summed E-state index contributed by atoms with van der Waals surface area (Å²) in [7, 11) is 1.81. The molecule has 0 saturated heterocycles. The molecule has 16 heavy (non-hydrogen) atoms. The van der Waals surface area contributed by atoms with Gasteiger partial charge in [-0.05, 0) is 31.5 Å². The number of aromatic nitrogens is 1. The van der Waals surface area contributed by atoms with Crippen molar-refractivity contribution in [2.45, 2.75) is 19.9 Å². The summed E-state index contributed by atoms with van der Waals surface area (Å²) in [5, 5.41) is 3.19. The number of hydrogen-bond acceptors (Lipinski definition) is 3. The lowest BCUT2D eigenvalue weighted by Crippen LogP contribution is -2.36. The predicted molar refractivity (Wildman–Crippen MR) is 64.0 cm³/mol. The van der Waals surface area contributed by atoms with Crippen LogP contribution >= 0.6 is 0 Å². The molecule has 1 N–H and O–H groups in total. The van der Waals surface area contributed by atoms with Gasteiger partial charge in [0.2, 0.25) is 5.91 Å². The van der Waals surface area contributed by atoms with Gasteiger partial charge in [-0.2, -0.15) is 0 Å². The minimum Gasteiger partial charge on any atom is -0.345 e. The molecule has 1 rings (SSSR count). The lowest BCUT2D eigenvalue weighted by Gasteiger charge is -2.18. The van der Waals surface area contributed by atoms with Crippen molar-refractivity contribution in [3.63, 3.8) is 0 Å². The maximum absolute atomic E-state index is 11.6. The molecule has 0 bridgehead atoms. The van der Waals surface area contributed by atoms with E-state index in [0.29, 0.717) is 6.54 Å². The van der Waals surface area contributed by atoms with E-state index in [4.69, 9.17) is 0 Å². The molecular weight excluding hydrogens is 202 g/mol. The molecule has 0 unspecified atom stereocenters. The van der Waals surface area contributed by atoms with Crippen molar-refractivity contribution in [2.75, 3.05) is 20.1 Å². The first-order valence-electron chi connectivity index (χ1n) is 5.52. The maximum atomic E-state index is 11.6. The number of amides is 1. The number of pyridine rings is 1. The van der Waals surface area contributed by atoms with Crippen molar-refractivity contribution >= 4 is 5.91 Å². The highest BCUT2D eigenvalue weighted by Crippen LogP contribution is 2.09. The first kappa shape index (κ1) is 12.6. The molecule has 1 aromatic heterocycles. The van der Waals surface area contributed by atoms with E-state index in [0.717, 1.165) is 12.1 Å². The molecule has 0 radical (unpaired) electrons. The van der Waals surface area contributed by atoms with E-state index >= 15 is 0 Å². The lowest BCUT2D eigenvalue weighted by atomic mass is 10.1. The predicted octanol–water partition coefficient (Wildman–Crippen LogP) is 1.21. The number of likely N-dealkylation sites (N-methyl/N-ethyl adjacent to an activating group) is 1. The summed E-state index contributed by atoms with van der Waals surface area (Å²) in [5.74, 6) is 0.114. The normalized spacial score (nSPS) is 12.2. The third kappa shape index (κ3) is 3.62. The van der Waals surface area contributed by atoms with E-state index in [2.05, 4.69) is 10.3 Å². The Morgan fingerprint density at radius 3 is 2.69 bits per heavy atom. The van der Waals surface area contributed by atoms with Crippen LogP contribution in [0.2, 0.25) is 0 Å². The zero-order chi connectivity index (χ0) is 12.0. The Kier molecular flexibility index (Phi) is 4.92.